The van der Waals surface area contributed by atoms with Crippen LogP contribution in [0.5, 0.6) is 0 Å². The van der Waals surface area contributed by atoms with Gasteiger partial charge in [-0.2, -0.15) is 0 Å². The third kappa shape index (κ3) is 4.40. The molecular formula is C18H18NO3PS. The van der Waals surface area contributed by atoms with E-state index < -0.39 is 7.60 Å². The third-order valence-corrected chi connectivity index (χ3v) is 6.51. The summed E-state index contributed by atoms with van der Waals surface area (Å²) >= 11 is 1.34. The second-order valence-corrected chi connectivity index (χ2v) is 8.74. The van der Waals surface area contributed by atoms with Crippen LogP contribution in [0.4, 0.5) is 0 Å². The van der Waals surface area contributed by atoms with E-state index in [0.717, 1.165) is 16.0 Å². The number of nitrogens with zero attached hydrogens (tertiary/aromatic N) is 1. The van der Waals surface area contributed by atoms with E-state index in [1.807, 2.05) is 67.6 Å². The number of hydrogen-bond donors (Lipinski definition) is 0. The van der Waals surface area contributed by atoms with E-state index in [2.05, 4.69) is 4.98 Å². The van der Waals surface area contributed by atoms with Crippen molar-refractivity contribution in [2.45, 2.75) is 20.1 Å². The molecule has 1 heterocycles. The van der Waals surface area contributed by atoms with E-state index in [9.17, 15) is 4.57 Å². The summed E-state index contributed by atoms with van der Waals surface area (Å²) in [5.41, 5.74) is 1.88. The van der Waals surface area contributed by atoms with Crippen LogP contribution in [-0.2, 0) is 26.8 Å². The van der Waals surface area contributed by atoms with Crippen molar-refractivity contribution >= 4 is 23.7 Å². The zero-order valence-electron chi connectivity index (χ0n) is 13.3. The lowest BCUT2D eigenvalue weighted by molar-refractivity contribution is 0.200. The van der Waals surface area contributed by atoms with Crippen molar-refractivity contribution in [3.05, 3.63) is 82.9 Å². The maximum Gasteiger partial charge on any atom is 0.390 e. The first kappa shape index (κ1) is 17.1. The van der Waals surface area contributed by atoms with Gasteiger partial charge >= 0.3 is 7.60 Å². The van der Waals surface area contributed by atoms with Crippen molar-refractivity contribution in [3.63, 3.8) is 0 Å². The Kier molecular flexibility index (Phi) is 5.59. The molecule has 0 aliphatic carbocycles. The van der Waals surface area contributed by atoms with Crippen LogP contribution in [0.1, 0.15) is 16.0 Å². The number of thiazole rings is 1. The molecule has 2 aromatic carbocycles. The summed E-state index contributed by atoms with van der Waals surface area (Å²) in [6.07, 6.45) is 1.68. The quantitative estimate of drug-likeness (QED) is 0.574. The molecule has 0 bridgehead atoms. The third-order valence-electron chi connectivity index (χ3n) is 3.33. The van der Waals surface area contributed by atoms with Crippen LogP contribution in [0, 0.1) is 6.92 Å². The van der Waals surface area contributed by atoms with Crippen LogP contribution in [0.2, 0.25) is 0 Å². The van der Waals surface area contributed by atoms with Crippen LogP contribution < -0.4 is 4.75 Å². The molecule has 3 rings (SSSR count). The molecule has 6 heteroatoms. The molecule has 0 aliphatic rings. The van der Waals surface area contributed by atoms with Crippen molar-refractivity contribution in [3.8, 4) is 0 Å². The van der Waals surface area contributed by atoms with Gasteiger partial charge < -0.3 is 0 Å². The monoisotopic (exact) mass is 359 g/mol. The molecule has 0 aliphatic heterocycles. The Morgan fingerprint density at radius 3 is 1.83 bits per heavy atom. The molecule has 0 amide bonds. The molecule has 0 N–H and O–H groups in total. The largest absolute Gasteiger partial charge is 0.390 e. The van der Waals surface area contributed by atoms with Gasteiger partial charge in [0.15, 0.2) is 0 Å². The Morgan fingerprint density at radius 2 is 1.42 bits per heavy atom. The second-order valence-electron chi connectivity index (χ2n) is 5.27. The van der Waals surface area contributed by atoms with E-state index in [0.29, 0.717) is 4.75 Å². The predicted octanol–water partition coefficient (Wildman–Crippen LogP) is 4.70. The summed E-state index contributed by atoms with van der Waals surface area (Å²) in [5.74, 6) is 0. The average Bonchev–Trinajstić information content (AvgIpc) is 3.07. The summed E-state index contributed by atoms with van der Waals surface area (Å²) in [7, 11) is -3.47. The minimum atomic E-state index is -3.47. The minimum absolute atomic E-state index is 0.214. The summed E-state index contributed by atoms with van der Waals surface area (Å²) < 4.78 is 25.1. The molecule has 0 saturated heterocycles. The standard InChI is InChI=1S/C18H18NO3PS/c1-15-12-19-18(24-15)23(20,21-13-16-8-4-2-5-9-16)22-14-17-10-6-3-7-11-17/h2-12H,13-14H2,1H3. The van der Waals surface area contributed by atoms with Crippen LogP contribution in [0.15, 0.2) is 66.9 Å². The fourth-order valence-electron chi connectivity index (χ4n) is 2.08. The molecule has 1 aromatic heterocycles. The van der Waals surface area contributed by atoms with Gasteiger partial charge in [-0.1, -0.05) is 60.7 Å². The molecule has 0 spiro atoms. The van der Waals surface area contributed by atoms with Gasteiger partial charge in [0.05, 0.1) is 13.2 Å². The van der Waals surface area contributed by atoms with Crippen LogP contribution in [-0.4, -0.2) is 4.98 Å². The molecule has 124 valence electrons. The van der Waals surface area contributed by atoms with Crippen molar-refractivity contribution in [1.82, 2.24) is 4.98 Å². The number of benzene rings is 2. The normalized spacial score (nSPS) is 11.5. The molecule has 0 unspecified atom stereocenters. The Labute approximate surface area is 145 Å². The van der Waals surface area contributed by atoms with Crippen molar-refractivity contribution in [1.29, 1.82) is 0 Å². The van der Waals surface area contributed by atoms with Gasteiger partial charge in [-0.05, 0) is 18.1 Å². The summed E-state index contributed by atoms with van der Waals surface area (Å²) in [6, 6.07) is 19.2. The first-order valence-electron chi connectivity index (χ1n) is 7.56. The molecule has 0 saturated carbocycles. The molecular weight excluding hydrogens is 341 g/mol. The van der Waals surface area contributed by atoms with Crippen molar-refractivity contribution in [2.24, 2.45) is 0 Å². The first-order valence-corrected chi connectivity index (χ1v) is 9.92. The number of hydrogen-bond acceptors (Lipinski definition) is 5. The fourth-order valence-corrected chi connectivity index (χ4v) is 4.91. The van der Waals surface area contributed by atoms with E-state index in [1.165, 1.54) is 11.3 Å². The van der Waals surface area contributed by atoms with Crippen molar-refractivity contribution < 1.29 is 13.6 Å². The van der Waals surface area contributed by atoms with Gasteiger partial charge in [0.25, 0.3) is 0 Å². The second kappa shape index (κ2) is 7.86. The zero-order chi connectivity index (χ0) is 16.8. The van der Waals surface area contributed by atoms with Gasteiger partial charge in [0.1, 0.15) is 0 Å². The summed E-state index contributed by atoms with van der Waals surface area (Å²) in [4.78, 5) is 5.19. The number of aryl methyl sites for hydroxylation is 1. The summed E-state index contributed by atoms with van der Waals surface area (Å²) in [6.45, 7) is 2.34. The van der Waals surface area contributed by atoms with E-state index in [4.69, 9.17) is 9.05 Å². The Bertz CT molecular complexity index is 773. The molecule has 0 atom stereocenters. The summed E-state index contributed by atoms with van der Waals surface area (Å²) in [5, 5.41) is 0. The number of aromatic nitrogens is 1. The topological polar surface area (TPSA) is 48.4 Å². The maximum absolute atomic E-state index is 13.3. The highest BCUT2D eigenvalue weighted by atomic mass is 32.1. The van der Waals surface area contributed by atoms with Gasteiger partial charge in [-0.15, -0.1) is 11.3 Å². The van der Waals surface area contributed by atoms with Gasteiger partial charge in [-0.25, -0.2) is 4.98 Å². The lowest BCUT2D eigenvalue weighted by atomic mass is 10.2. The van der Waals surface area contributed by atoms with Crippen LogP contribution in [0.25, 0.3) is 0 Å². The Morgan fingerprint density at radius 1 is 0.917 bits per heavy atom. The first-order chi connectivity index (χ1) is 11.7. The zero-order valence-corrected chi connectivity index (χ0v) is 15.0. The minimum Gasteiger partial charge on any atom is -0.299 e. The molecule has 24 heavy (non-hydrogen) atoms. The molecule has 4 nitrogen and oxygen atoms in total. The Balaban J connectivity index is 1.77. The Hall–Kier alpha value is -1.78. The van der Waals surface area contributed by atoms with Gasteiger partial charge in [0, 0.05) is 11.1 Å². The molecule has 0 fully saturated rings. The lowest BCUT2D eigenvalue weighted by Gasteiger charge is -2.16. The highest BCUT2D eigenvalue weighted by Crippen LogP contribution is 2.49. The smallest absolute Gasteiger partial charge is 0.299 e. The van der Waals surface area contributed by atoms with Gasteiger partial charge in [-0.3, -0.25) is 13.6 Å². The van der Waals surface area contributed by atoms with E-state index in [1.54, 1.807) is 6.20 Å². The SMILES string of the molecule is Cc1cnc(P(=O)(OCc2ccccc2)OCc2ccccc2)s1. The maximum atomic E-state index is 13.3. The fraction of sp³-hybridized carbons (Fsp3) is 0.167. The predicted molar refractivity (Wildman–Crippen MR) is 96.6 cm³/mol. The van der Waals surface area contributed by atoms with Gasteiger partial charge in [0.2, 0.25) is 4.75 Å². The number of rotatable bonds is 7. The van der Waals surface area contributed by atoms with Crippen LogP contribution in [0.3, 0.4) is 0 Å². The highest BCUT2D eigenvalue weighted by Gasteiger charge is 2.31. The van der Waals surface area contributed by atoms with Crippen LogP contribution >= 0.6 is 18.9 Å². The van der Waals surface area contributed by atoms with Crippen molar-refractivity contribution in [2.75, 3.05) is 0 Å². The molecule has 3 aromatic rings. The highest BCUT2D eigenvalue weighted by molar-refractivity contribution is 7.68. The lowest BCUT2D eigenvalue weighted by Crippen LogP contribution is -2.10. The van der Waals surface area contributed by atoms with E-state index >= 15 is 0 Å². The molecule has 0 radical (unpaired) electrons. The average molecular weight is 359 g/mol. The van der Waals surface area contributed by atoms with E-state index in [-0.39, 0.29) is 13.2 Å².